The molecule has 4 aromatic rings. The average Bonchev–Trinajstić information content (AvgIpc) is 3.23. The van der Waals surface area contributed by atoms with Crippen LogP contribution in [0.15, 0.2) is 40.2 Å². The van der Waals surface area contributed by atoms with Crippen LogP contribution < -0.4 is 21.9 Å². The number of imidazole rings is 1. The van der Waals surface area contributed by atoms with Gasteiger partial charge in [0, 0.05) is 38.6 Å². The Kier molecular flexibility index (Phi) is 5.63. The van der Waals surface area contributed by atoms with Gasteiger partial charge in [-0.15, -0.1) is 5.92 Å². The van der Waals surface area contributed by atoms with Gasteiger partial charge in [0.1, 0.15) is 0 Å². The molecule has 1 fully saturated rings. The van der Waals surface area contributed by atoms with Crippen LogP contribution in [0.4, 0.5) is 5.95 Å². The molecule has 0 amide bonds. The van der Waals surface area contributed by atoms with Crippen molar-refractivity contribution >= 4 is 28.1 Å². The molecule has 1 aromatic carbocycles. The summed E-state index contributed by atoms with van der Waals surface area (Å²) in [7, 11) is 1.64. The smallest absolute Gasteiger partial charge is 0.332 e. The number of nitrogens with two attached hydrogens (primary N) is 1. The molecule has 1 saturated heterocycles. The van der Waals surface area contributed by atoms with Crippen LogP contribution in [0.2, 0.25) is 0 Å². The van der Waals surface area contributed by atoms with Crippen LogP contribution >= 0.6 is 0 Å². The highest BCUT2D eigenvalue weighted by Crippen LogP contribution is 2.23. The van der Waals surface area contributed by atoms with E-state index in [0.717, 1.165) is 30.5 Å². The molecule has 5 rings (SSSR count). The van der Waals surface area contributed by atoms with Crippen molar-refractivity contribution in [3.8, 4) is 11.8 Å². The van der Waals surface area contributed by atoms with E-state index in [-0.39, 0.29) is 12.6 Å². The maximum atomic E-state index is 13.7. The van der Waals surface area contributed by atoms with Gasteiger partial charge in [0.25, 0.3) is 5.56 Å². The average molecular weight is 459 g/mol. The van der Waals surface area contributed by atoms with Crippen molar-refractivity contribution in [2.75, 3.05) is 18.0 Å². The summed E-state index contributed by atoms with van der Waals surface area (Å²) >= 11 is 0. The molecule has 0 spiro atoms. The van der Waals surface area contributed by atoms with Gasteiger partial charge in [0.05, 0.1) is 24.1 Å². The van der Waals surface area contributed by atoms with E-state index >= 15 is 0 Å². The first-order valence-corrected chi connectivity index (χ1v) is 11.3. The van der Waals surface area contributed by atoms with E-state index < -0.39 is 11.2 Å². The number of anilines is 1. The fourth-order valence-corrected chi connectivity index (χ4v) is 4.53. The lowest BCUT2D eigenvalue weighted by Gasteiger charge is -2.31. The summed E-state index contributed by atoms with van der Waals surface area (Å²) in [5.41, 5.74) is 8.34. The van der Waals surface area contributed by atoms with Crippen LogP contribution in [0.3, 0.4) is 0 Å². The number of benzene rings is 1. The van der Waals surface area contributed by atoms with Crippen molar-refractivity contribution in [2.24, 2.45) is 12.8 Å². The largest absolute Gasteiger partial charge is 0.341 e. The first kappa shape index (κ1) is 21.9. The Hall–Kier alpha value is -3.97. The zero-order valence-corrected chi connectivity index (χ0v) is 19.2. The summed E-state index contributed by atoms with van der Waals surface area (Å²) in [5, 5.41) is 0. The zero-order chi connectivity index (χ0) is 23.8. The fraction of sp³-hybridized carbons (Fsp3) is 0.375. The number of fused-ring (bicyclic) bond motifs is 2. The van der Waals surface area contributed by atoms with Crippen LogP contribution in [0, 0.1) is 11.8 Å². The van der Waals surface area contributed by atoms with E-state index in [9.17, 15) is 9.59 Å². The summed E-state index contributed by atoms with van der Waals surface area (Å²) in [6.45, 7) is 3.60. The fourth-order valence-electron chi connectivity index (χ4n) is 4.53. The third-order valence-corrected chi connectivity index (χ3v) is 6.24. The standard InChI is InChI=1S/C24H26N8O2/c1-3-4-12-31-20-21(28-23(31)30-11-5-6-17(25)15-30)29(2)24(34)32(22(20)33)14-16-7-8-18-19(13-16)27-10-9-26-18/h7-10,13,17H,5-6,11-12,14-15,25H2,1-2H3. The third-order valence-electron chi connectivity index (χ3n) is 6.24. The van der Waals surface area contributed by atoms with Crippen LogP contribution in [0.25, 0.3) is 22.2 Å². The lowest BCUT2D eigenvalue weighted by molar-refractivity contribution is 0.496. The molecule has 1 unspecified atom stereocenters. The van der Waals surface area contributed by atoms with E-state index in [1.54, 1.807) is 26.4 Å². The number of nitrogens with zero attached hydrogens (tertiary/aromatic N) is 7. The minimum Gasteiger partial charge on any atom is -0.341 e. The Morgan fingerprint density at radius 1 is 1.15 bits per heavy atom. The number of aromatic nitrogens is 6. The van der Waals surface area contributed by atoms with Crippen LogP contribution in [-0.2, 0) is 20.1 Å². The van der Waals surface area contributed by atoms with E-state index in [1.807, 2.05) is 22.8 Å². The van der Waals surface area contributed by atoms with Crippen molar-refractivity contribution in [2.45, 2.75) is 38.9 Å². The van der Waals surface area contributed by atoms with Gasteiger partial charge in [0.2, 0.25) is 5.95 Å². The predicted octanol–water partition coefficient (Wildman–Crippen LogP) is 0.839. The minimum atomic E-state index is -0.426. The molecule has 34 heavy (non-hydrogen) atoms. The second kappa shape index (κ2) is 8.76. The SMILES string of the molecule is CC#CCn1c(N2CCCC(N)C2)nc2c1c(=O)n(Cc1ccc3nccnc3c1)c(=O)n2C. The molecule has 0 saturated carbocycles. The molecule has 1 aliphatic rings. The summed E-state index contributed by atoms with van der Waals surface area (Å²) in [6, 6.07) is 5.58. The van der Waals surface area contributed by atoms with E-state index in [2.05, 4.69) is 26.7 Å². The molecule has 0 aliphatic carbocycles. The van der Waals surface area contributed by atoms with Crippen LogP contribution in [-0.4, -0.2) is 47.8 Å². The van der Waals surface area contributed by atoms with Gasteiger partial charge in [-0.2, -0.15) is 4.98 Å². The Bertz CT molecular complexity index is 1570. The summed E-state index contributed by atoms with van der Waals surface area (Å²) in [4.78, 5) is 42.3. The van der Waals surface area contributed by atoms with Crippen molar-refractivity contribution in [1.29, 1.82) is 0 Å². The van der Waals surface area contributed by atoms with Gasteiger partial charge < -0.3 is 10.6 Å². The van der Waals surface area contributed by atoms with Crippen molar-refractivity contribution in [3.63, 3.8) is 0 Å². The predicted molar refractivity (Wildman–Crippen MR) is 131 cm³/mol. The van der Waals surface area contributed by atoms with Crippen LogP contribution in [0.1, 0.15) is 25.3 Å². The Morgan fingerprint density at radius 2 is 1.94 bits per heavy atom. The molecule has 174 valence electrons. The van der Waals surface area contributed by atoms with E-state index in [0.29, 0.717) is 35.7 Å². The maximum absolute atomic E-state index is 13.7. The second-order valence-electron chi connectivity index (χ2n) is 8.56. The minimum absolute atomic E-state index is 0.0377. The molecule has 0 radical (unpaired) electrons. The first-order chi connectivity index (χ1) is 16.5. The van der Waals surface area contributed by atoms with Crippen molar-refractivity contribution < 1.29 is 0 Å². The summed E-state index contributed by atoms with van der Waals surface area (Å²) in [5.74, 6) is 6.57. The Balaban J connectivity index is 1.68. The second-order valence-corrected chi connectivity index (χ2v) is 8.56. The molecular formula is C24H26N8O2. The van der Waals surface area contributed by atoms with Crippen LogP contribution in [0.5, 0.6) is 0 Å². The molecule has 1 aliphatic heterocycles. The molecule has 10 nitrogen and oxygen atoms in total. The Labute approximate surface area is 195 Å². The van der Waals surface area contributed by atoms with Gasteiger partial charge in [-0.25, -0.2) is 4.79 Å². The third kappa shape index (κ3) is 3.74. The number of hydrogen-bond acceptors (Lipinski definition) is 7. The highest BCUT2D eigenvalue weighted by Gasteiger charge is 2.26. The topological polar surface area (TPSA) is 117 Å². The zero-order valence-electron chi connectivity index (χ0n) is 19.2. The number of hydrogen-bond donors (Lipinski definition) is 1. The van der Waals surface area contributed by atoms with Gasteiger partial charge in [-0.05, 0) is 37.5 Å². The summed E-state index contributed by atoms with van der Waals surface area (Å²) in [6.07, 6.45) is 5.14. The lowest BCUT2D eigenvalue weighted by Crippen LogP contribution is -2.44. The normalized spacial score (nSPS) is 16.1. The molecule has 4 heterocycles. The molecule has 3 aromatic heterocycles. The summed E-state index contributed by atoms with van der Waals surface area (Å²) < 4.78 is 4.48. The Morgan fingerprint density at radius 3 is 2.71 bits per heavy atom. The van der Waals surface area contributed by atoms with E-state index in [1.165, 1.54) is 9.13 Å². The highest BCUT2D eigenvalue weighted by molar-refractivity contribution is 5.75. The van der Waals surface area contributed by atoms with Gasteiger partial charge in [-0.3, -0.25) is 28.5 Å². The van der Waals surface area contributed by atoms with Crippen molar-refractivity contribution in [1.82, 2.24) is 28.7 Å². The number of piperidine rings is 1. The quantitative estimate of drug-likeness (QED) is 0.450. The first-order valence-electron chi connectivity index (χ1n) is 11.3. The molecule has 0 bridgehead atoms. The molecular weight excluding hydrogens is 432 g/mol. The van der Waals surface area contributed by atoms with Gasteiger partial charge in [-0.1, -0.05) is 12.0 Å². The highest BCUT2D eigenvalue weighted by atomic mass is 16.2. The lowest BCUT2D eigenvalue weighted by atomic mass is 10.1. The maximum Gasteiger partial charge on any atom is 0.332 e. The van der Waals surface area contributed by atoms with Gasteiger partial charge in [0.15, 0.2) is 11.2 Å². The van der Waals surface area contributed by atoms with Gasteiger partial charge >= 0.3 is 5.69 Å². The van der Waals surface area contributed by atoms with Crippen molar-refractivity contribution in [3.05, 3.63) is 57.0 Å². The molecule has 1 atom stereocenters. The monoisotopic (exact) mass is 458 g/mol. The number of rotatable bonds is 4. The van der Waals surface area contributed by atoms with E-state index in [4.69, 9.17) is 10.7 Å². The molecule has 2 N–H and O–H groups in total. The number of aryl methyl sites for hydroxylation is 1. The molecule has 10 heteroatoms.